The van der Waals surface area contributed by atoms with Gasteiger partial charge in [-0.25, -0.2) is 9.97 Å². The molecule has 0 aliphatic heterocycles. The number of methoxy groups -OCH3 is 2. The number of allylic oxidation sites excluding steroid dienone is 4. The van der Waals surface area contributed by atoms with Crippen molar-refractivity contribution in [2.45, 2.75) is 0 Å². The number of aromatic nitrogens is 2. The van der Waals surface area contributed by atoms with Gasteiger partial charge in [0.25, 0.3) is 0 Å². The minimum absolute atomic E-state index is 0.236. The lowest BCUT2D eigenvalue weighted by Gasteiger charge is -2.17. The molecular weight excluding hydrogens is 442 g/mol. The van der Waals surface area contributed by atoms with Gasteiger partial charge in [-0.3, -0.25) is 9.59 Å². The number of benzene rings is 3. The van der Waals surface area contributed by atoms with Crippen LogP contribution in [-0.2, 0) is 9.59 Å². The third-order valence-corrected chi connectivity index (χ3v) is 5.76. The van der Waals surface area contributed by atoms with Gasteiger partial charge in [-0.1, -0.05) is 36.4 Å². The summed E-state index contributed by atoms with van der Waals surface area (Å²) in [5.41, 5.74) is 4.11. The van der Waals surface area contributed by atoms with Crippen molar-refractivity contribution in [1.29, 1.82) is 0 Å². The molecular formula is C28H21N3O4. The van der Waals surface area contributed by atoms with Gasteiger partial charge < -0.3 is 14.8 Å². The molecule has 1 aliphatic carbocycles. The molecule has 0 fully saturated rings. The number of anilines is 2. The van der Waals surface area contributed by atoms with Gasteiger partial charge in [0.2, 0.25) is 0 Å². The average Bonchev–Trinajstić information content (AvgIpc) is 2.90. The van der Waals surface area contributed by atoms with Crippen molar-refractivity contribution in [2.24, 2.45) is 0 Å². The molecule has 0 atom stereocenters. The van der Waals surface area contributed by atoms with E-state index in [2.05, 4.69) is 15.3 Å². The van der Waals surface area contributed by atoms with Crippen molar-refractivity contribution in [3.63, 3.8) is 0 Å². The molecule has 0 spiro atoms. The molecule has 7 nitrogen and oxygen atoms in total. The monoisotopic (exact) mass is 463 g/mol. The summed E-state index contributed by atoms with van der Waals surface area (Å²) < 4.78 is 10.8. The van der Waals surface area contributed by atoms with Crippen molar-refractivity contribution in [2.75, 3.05) is 19.5 Å². The molecule has 1 heterocycles. The third-order valence-electron chi connectivity index (χ3n) is 5.76. The molecule has 1 aromatic heterocycles. The molecule has 4 aromatic rings. The Morgan fingerprint density at radius 1 is 0.800 bits per heavy atom. The van der Waals surface area contributed by atoms with E-state index in [1.807, 2.05) is 48.5 Å². The Morgan fingerprint density at radius 2 is 1.57 bits per heavy atom. The Kier molecular flexibility index (Phi) is 5.81. The molecule has 0 bridgehead atoms. The van der Waals surface area contributed by atoms with E-state index in [1.165, 1.54) is 24.6 Å². The normalized spacial score (nSPS) is 13.0. The first-order valence-electron chi connectivity index (χ1n) is 10.9. The van der Waals surface area contributed by atoms with E-state index in [-0.39, 0.29) is 11.6 Å². The summed E-state index contributed by atoms with van der Waals surface area (Å²) in [5.74, 6) is 1.14. The van der Waals surface area contributed by atoms with Gasteiger partial charge >= 0.3 is 0 Å². The Balaban J connectivity index is 1.65. The number of carbonyl (C=O) groups excluding carboxylic acids is 2. The molecule has 1 aliphatic rings. The van der Waals surface area contributed by atoms with Crippen LogP contribution in [0.15, 0.2) is 85.2 Å². The highest BCUT2D eigenvalue weighted by molar-refractivity contribution is 6.34. The quantitative estimate of drug-likeness (QED) is 0.396. The lowest BCUT2D eigenvalue weighted by Crippen LogP contribution is -2.09. The SMILES string of the molecule is COc1cc2ncnc(Nc3ccc(-c4ccccc4)cc3C3=CC(=O)C=CC3=O)c2cc1OC. The van der Waals surface area contributed by atoms with Gasteiger partial charge in [0.05, 0.1) is 19.7 Å². The second-order valence-electron chi connectivity index (χ2n) is 7.86. The Morgan fingerprint density at radius 3 is 2.34 bits per heavy atom. The van der Waals surface area contributed by atoms with Crippen molar-refractivity contribution in [3.05, 3.63) is 90.8 Å². The number of fused-ring (bicyclic) bond motifs is 1. The van der Waals surface area contributed by atoms with Crippen LogP contribution in [0, 0.1) is 0 Å². The summed E-state index contributed by atoms with van der Waals surface area (Å²) in [6, 6.07) is 19.1. The highest BCUT2D eigenvalue weighted by Gasteiger charge is 2.20. The summed E-state index contributed by atoms with van der Waals surface area (Å²) in [4.78, 5) is 33.7. The fourth-order valence-electron chi connectivity index (χ4n) is 4.02. The van der Waals surface area contributed by atoms with E-state index in [4.69, 9.17) is 9.47 Å². The number of nitrogens with zero attached hydrogens (tertiary/aromatic N) is 2. The van der Waals surface area contributed by atoms with Gasteiger partial charge in [-0.05, 0) is 47.6 Å². The molecule has 5 rings (SSSR count). The van der Waals surface area contributed by atoms with E-state index in [0.717, 1.165) is 11.1 Å². The number of carbonyl (C=O) groups is 2. The van der Waals surface area contributed by atoms with Gasteiger partial charge in [-0.15, -0.1) is 0 Å². The first-order chi connectivity index (χ1) is 17.1. The summed E-state index contributed by atoms with van der Waals surface area (Å²) in [6.45, 7) is 0. The number of rotatable bonds is 6. The zero-order valence-electron chi connectivity index (χ0n) is 19.1. The van der Waals surface area contributed by atoms with Crippen LogP contribution in [0.1, 0.15) is 5.56 Å². The van der Waals surface area contributed by atoms with Crippen molar-refractivity contribution >= 4 is 39.5 Å². The van der Waals surface area contributed by atoms with E-state index in [1.54, 1.807) is 26.4 Å². The second kappa shape index (κ2) is 9.23. The maximum atomic E-state index is 12.8. The largest absolute Gasteiger partial charge is 0.493 e. The van der Waals surface area contributed by atoms with E-state index >= 15 is 0 Å². The maximum Gasteiger partial charge on any atom is 0.186 e. The molecule has 0 saturated heterocycles. The van der Waals surface area contributed by atoms with Crippen molar-refractivity contribution in [3.8, 4) is 22.6 Å². The van der Waals surface area contributed by atoms with Gasteiger partial charge in [0, 0.05) is 28.3 Å². The number of ether oxygens (including phenoxy) is 2. The molecule has 1 N–H and O–H groups in total. The van der Waals surface area contributed by atoms with Gasteiger partial charge in [0.15, 0.2) is 23.1 Å². The zero-order valence-corrected chi connectivity index (χ0v) is 19.1. The molecule has 172 valence electrons. The molecule has 0 radical (unpaired) electrons. The predicted molar refractivity (Wildman–Crippen MR) is 135 cm³/mol. The molecule has 0 unspecified atom stereocenters. The highest BCUT2D eigenvalue weighted by Crippen LogP contribution is 2.37. The standard InChI is InChI=1S/C28H21N3O4/c1-34-26-14-22-24(15-27(26)35-2)29-16-30-28(22)31-23-10-8-18(17-6-4-3-5-7-17)12-20(23)21-13-19(32)9-11-25(21)33/h3-16H,1-2H3,(H,29,30,31). The smallest absolute Gasteiger partial charge is 0.186 e. The average molecular weight is 463 g/mol. The molecule has 3 aromatic carbocycles. The van der Waals surface area contributed by atoms with Crippen molar-refractivity contribution < 1.29 is 19.1 Å². The molecule has 0 saturated carbocycles. The Labute approximate surface area is 201 Å². The van der Waals surface area contributed by atoms with Gasteiger partial charge in [0.1, 0.15) is 12.1 Å². The van der Waals surface area contributed by atoms with Crippen LogP contribution in [0.4, 0.5) is 11.5 Å². The van der Waals surface area contributed by atoms with Crippen LogP contribution in [0.2, 0.25) is 0 Å². The first kappa shape index (κ1) is 22.0. The van der Waals surface area contributed by atoms with Crippen LogP contribution in [-0.4, -0.2) is 35.8 Å². The lowest BCUT2D eigenvalue weighted by molar-refractivity contribution is -0.113. The van der Waals surface area contributed by atoms with E-state index in [9.17, 15) is 9.59 Å². The first-order valence-corrected chi connectivity index (χ1v) is 10.9. The van der Waals surface area contributed by atoms with Crippen LogP contribution >= 0.6 is 0 Å². The summed E-state index contributed by atoms with van der Waals surface area (Å²) >= 11 is 0. The predicted octanol–water partition coefficient (Wildman–Crippen LogP) is 5.15. The fourth-order valence-corrected chi connectivity index (χ4v) is 4.02. The van der Waals surface area contributed by atoms with E-state index in [0.29, 0.717) is 45.0 Å². The lowest BCUT2D eigenvalue weighted by atomic mass is 9.92. The van der Waals surface area contributed by atoms with Crippen LogP contribution in [0.5, 0.6) is 11.5 Å². The number of hydrogen-bond donors (Lipinski definition) is 1. The minimum Gasteiger partial charge on any atom is -0.493 e. The van der Waals surface area contributed by atoms with Crippen molar-refractivity contribution in [1.82, 2.24) is 9.97 Å². The highest BCUT2D eigenvalue weighted by atomic mass is 16.5. The fraction of sp³-hybridized carbons (Fsp3) is 0.0714. The number of ketones is 2. The number of nitrogens with one attached hydrogen (secondary N) is 1. The second-order valence-corrected chi connectivity index (χ2v) is 7.86. The molecule has 7 heteroatoms. The Hall–Kier alpha value is -4.78. The third kappa shape index (κ3) is 4.27. The van der Waals surface area contributed by atoms with Crippen LogP contribution in [0.25, 0.3) is 27.6 Å². The van der Waals surface area contributed by atoms with E-state index < -0.39 is 0 Å². The van der Waals surface area contributed by atoms with Crippen LogP contribution < -0.4 is 14.8 Å². The molecule has 0 amide bonds. The van der Waals surface area contributed by atoms with Crippen LogP contribution in [0.3, 0.4) is 0 Å². The number of hydrogen-bond acceptors (Lipinski definition) is 7. The minimum atomic E-state index is -0.239. The topological polar surface area (TPSA) is 90.4 Å². The Bertz CT molecular complexity index is 1520. The summed E-state index contributed by atoms with van der Waals surface area (Å²) in [6.07, 6.45) is 5.39. The molecule has 35 heavy (non-hydrogen) atoms. The summed E-state index contributed by atoms with van der Waals surface area (Å²) in [7, 11) is 3.13. The summed E-state index contributed by atoms with van der Waals surface area (Å²) in [5, 5.41) is 4.05. The van der Waals surface area contributed by atoms with Gasteiger partial charge in [-0.2, -0.15) is 0 Å². The maximum absolute atomic E-state index is 12.8. The zero-order chi connectivity index (χ0) is 24.4.